The molecule has 19 heavy (non-hydrogen) atoms. The summed E-state index contributed by atoms with van der Waals surface area (Å²) in [4.78, 5) is 21.6. The second-order valence-electron chi connectivity index (χ2n) is 4.42. The Hall–Kier alpha value is -2.31. The predicted molar refractivity (Wildman–Crippen MR) is 65.4 cm³/mol. The number of rotatable bonds is 5. The van der Waals surface area contributed by atoms with Gasteiger partial charge in [-0.25, -0.2) is 0 Å². The van der Waals surface area contributed by atoms with E-state index in [-0.39, 0.29) is 18.2 Å². The summed E-state index contributed by atoms with van der Waals surface area (Å²) in [5, 5.41) is 22.5. The second kappa shape index (κ2) is 5.13. The van der Waals surface area contributed by atoms with Crippen LogP contribution >= 0.6 is 0 Å². The average Bonchev–Trinajstić information content (AvgIpc) is 3.17. The first kappa shape index (κ1) is 13.1. The Balaban J connectivity index is 1.89. The third-order valence-electron chi connectivity index (χ3n) is 3.08. The van der Waals surface area contributed by atoms with E-state index in [2.05, 4.69) is 5.32 Å². The molecule has 0 bridgehead atoms. The van der Waals surface area contributed by atoms with Gasteiger partial charge in [0.1, 0.15) is 5.92 Å². The van der Waals surface area contributed by atoms with E-state index in [1.165, 1.54) is 13.2 Å². The van der Waals surface area contributed by atoms with Crippen molar-refractivity contribution in [3.63, 3.8) is 0 Å². The van der Waals surface area contributed by atoms with Gasteiger partial charge in [-0.15, -0.1) is 0 Å². The molecule has 1 saturated carbocycles. The first-order chi connectivity index (χ1) is 9.02. The van der Waals surface area contributed by atoms with Gasteiger partial charge in [-0.2, -0.15) is 0 Å². The molecule has 0 unspecified atom stereocenters. The van der Waals surface area contributed by atoms with Crippen molar-refractivity contribution in [2.45, 2.75) is 19.0 Å². The highest BCUT2D eigenvalue weighted by Crippen LogP contribution is 2.33. The fraction of sp³-hybridized carbons (Fsp3) is 0.417. The Morgan fingerprint density at radius 2 is 2.37 bits per heavy atom. The summed E-state index contributed by atoms with van der Waals surface area (Å²) in [6, 6.07) is 3.98. The topological polar surface area (TPSA) is 102 Å². The molecule has 0 aliphatic heterocycles. The molecule has 2 N–H and O–H groups in total. The molecule has 7 heteroatoms. The molecule has 0 aromatic heterocycles. The minimum atomic E-state index is -0.741. The number of benzene rings is 1. The molecule has 0 spiro atoms. The molecule has 2 atom stereocenters. The van der Waals surface area contributed by atoms with E-state index in [1.807, 2.05) is 0 Å². The monoisotopic (exact) mass is 266 g/mol. The number of nitro groups is 1. The summed E-state index contributed by atoms with van der Waals surface area (Å²) >= 11 is 0. The van der Waals surface area contributed by atoms with Crippen LogP contribution in [0.15, 0.2) is 18.2 Å². The van der Waals surface area contributed by atoms with E-state index in [1.54, 1.807) is 12.1 Å². The summed E-state index contributed by atoms with van der Waals surface area (Å²) < 4.78 is 4.95. The molecule has 1 aliphatic carbocycles. The third kappa shape index (κ3) is 2.93. The van der Waals surface area contributed by atoms with E-state index >= 15 is 0 Å². The van der Waals surface area contributed by atoms with Crippen molar-refractivity contribution in [3.8, 4) is 11.5 Å². The number of phenolic OH excluding ortho intramolecular Hbond substituents is 1. The van der Waals surface area contributed by atoms with E-state index in [4.69, 9.17) is 4.74 Å². The number of hydrogen-bond donors (Lipinski definition) is 2. The standard InChI is InChI=1S/C12H14N2O5/c1-19-11-4-7(2-3-10(11)15)6-13-12(16)8-5-9(8)14(17)18/h2-4,8-9,15H,5-6H2,1H3,(H,13,16)/t8-,9+/m1/s1. The van der Waals surface area contributed by atoms with Crippen LogP contribution in [0, 0.1) is 16.0 Å². The van der Waals surface area contributed by atoms with Gasteiger partial charge in [0.25, 0.3) is 0 Å². The maximum absolute atomic E-state index is 11.6. The molecular weight excluding hydrogens is 252 g/mol. The Kier molecular flexibility index (Phi) is 3.55. The van der Waals surface area contributed by atoms with Gasteiger partial charge in [-0.1, -0.05) is 6.07 Å². The zero-order valence-corrected chi connectivity index (χ0v) is 10.3. The van der Waals surface area contributed by atoms with Crippen molar-refractivity contribution in [1.82, 2.24) is 5.32 Å². The highest BCUT2D eigenvalue weighted by molar-refractivity contribution is 5.81. The number of nitrogens with one attached hydrogen (secondary N) is 1. The Bertz CT molecular complexity index is 517. The number of nitrogens with zero attached hydrogens (tertiary/aromatic N) is 1. The van der Waals surface area contributed by atoms with Crippen molar-refractivity contribution in [1.29, 1.82) is 0 Å². The molecular formula is C12H14N2O5. The lowest BCUT2D eigenvalue weighted by atomic mass is 10.2. The number of carbonyl (C=O) groups excluding carboxylic acids is 1. The van der Waals surface area contributed by atoms with Crippen LogP contribution in [-0.2, 0) is 11.3 Å². The van der Waals surface area contributed by atoms with Crippen LogP contribution in [0.2, 0.25) is 0 Å². The van der Waals surface area contributed by atoms with E-state index in [0.717, 1.165) is 5.56 Å². The molecule has 102 valence electrons. The summed E-state index contributed by atoms with van der Waals surface area (Å²) in [6.07, 6.45) is 0.303. The average molecular weight is 266 g/mol. The maximum Gasteiger partial charge on any atom is 0.230 e. The number of methoxy groups -OCH3 is 1. The Morgan fingerprint density at radius 1 is 1.63 bits per heavy atom. The molecule has 1 fully saturated rings. The van der Waals surface area contributed by atoms with Crippen molar-refractivity contribution in [2.75, 3.05) is 7.11 Å². The van der Waals surface area contributed by atoms with Gasteiger partial charge < -0.3 is 15.2 Å². The van der Waals surface area contributed by atoms with E-state index < -0.39 is 16.9 Å². The van der Waals surface area contributed by atoms with E-state index in [0.29, 0.717) is 12.2 Å². The fourth-order valence-corrected chi connectivity index (χ4v) is 1.85. The normalized spacial score (nSPS) is 20.7. The number of hydrogen-bond acceptors (Lipinski definition) is 5. The highest BCUT2D eigenvalue weighted by atomic mass is 16.6. The van der Waals surface area contributed by atoms with Crippen molar-refractivity contribution >= 4 is 5.91 Å². The number of phenols is 1. The second-order valence-corrected chi connectivity index (χ2v) is 4.42. The fourth-order valence-electron chi connectivity index (χ4n) is 1.85. The first-order valence-electron chi connectivity index (χ1n) is 5.80. The van der Waals surface area contributed by atoms with Gasteiger partial charge in [-0.3, -0.25) is 14.9 Å². The van der Waals surface area contributed by atoms with Gasteiger partial charge in [0.05, 0.1) is 7.11 Å². The first-order valence-corrected chi connectivity index (χ1v) is 5.80. The summed E-state index contributed by atoms with van der Waals surface area (Å²) in [5.41, 5.74) is 0.751. The molecule has 0 saturated heterocycles. The Morgan fingerprint density at radius 3 is 2.95 bits per heavy atom. The van der Waals surface area contributed by atoms with Crippen molar-refractivity contribution in [2.24, 2.45) is 5.92 Å². The lowest BCUT2D eigenvalue weighted by Gasteiger charge is -2.07. The van der Waals surface area contributed by atoms with E-state index in [9.17, 15) is 20.0 Å². The minimum absolute atomic E-state index is 0.0215. The third-order valence-corrected chi connectivity index (χ3v) is 3.08. The molecule has 2 rings (SSSR count). The van der Waals surface area contributed by atoms with Crippen molar-refractivity contribution in [3.05, 3.63) is 33.9 Å². The largest absolute Gasteiger partial charge is 0.504 e. The van der Waals surface area contributed by atoms with Crippen LogP contribution in [0.4, 0.5) is 0 Å². The molecule has 7 nitrogen and oxygen atoms in total. The zero-order valence-electron chi connectivity index (χ0n) is 10.3. The molecule has 1 aromatic rings. The predicted octanol–water partition coefficient (Wildman–Crippen LogP) is 0.682. The minimum Gasteiger partial charge on any atom is -0.504 e. The number of amides is 1. The van der Waals surface area contributed by atoms with Crippen LogP contribution in [0.1, 0.15) is 12.0 Å². The lowest BCUT2D eigenvalue weighted by molar-refractivity contribution is -0.497. The lowest BCUT2D eigenvalue weighted by Crippen LogP contribution is -2.26. The number of ether oxygens (including phenoxy) is 1. The SMILES string of the molecule is COc1cc(CNC(=O)[C@@H]2C[C@@H]2[N+](=O)[O-])ccc1O. The molecule has 1 amide bonds. The molecule has 1 aliphatic rings. The summed E-state index contributed by atoms with van der Waals surface area (Å²) in [7, 11) is 1.43. The smallest absolute Gasteiger partial charge is 0.230 e. The maximum atomic E-state index is 11.6. The summed E-state index contributed by atoms with van der Waals surface area (Å²) in [6.45, 7) is 0.246. The quantitative estimate of drug-likeness (QED) is 0.602. The zero-order chi connectivity index (χ0) is 14.0. The van der Waals surface area contributed by atoms with Crippen LogP contribution in [0.5, 0.6) is 11.5 Å². The van der Waals surface area contributed by atoms with Crippen LogP contribution in [-0.4, -0.2) is 29.1 Å². The number of aromatic hydroxyl groups is 1. The van der Waals surface area contributed by atoms with Crippen molar-refractivity contribution < 1.29 is 19.6 Å². The molecule has 0 radical (unpaired) electrons. The van der Waals surface area contributed by atoms with Gasteiger partial charge >= 0.3 is 0 Å². The van der Waals surface area contributed by atoms with Gasteiger partial charge in [-0.05, 0) is 17.7 Å². The highest BCUT2D eigenvalue weighted by Gasteiger charge is 2.53. The van der Waals surface area contributed by atoms with Crippen LogP contribution in [0.3, 0.4) is 0 Å². The Labute approximate surface area is 109 Å². The van der Waals surface area contributed by atoms with Gasteiger partial charge in [0, 0.05) is 17.9 Å². The summed E-state index contributed by atoms with van der Waals surface area (Å²) in [5.74, 6) is -0.489. The molecule has 0 heterocycles. The van der Waals surface area contributed by atoms with Gasteiger partial charge in [0.15, 0.2) is 11.5 Å². The van der Waals surface area contributed by atoms with Gasteiger partial charge in [0.2, 0.25) is 11.9 Å². The number of carbonyl (C=O) groups is 1. The molecule has 1 aromatic carbocycles. The van der Waals surface area contributed by atoms with Crippen LogP contribution in [0.25, 0.3) is 0 Å². The van der Waals surface area contributed by atoms with Crippen LogP contribution < -0.4 is 10.1 Å².